The Morgan fingerprint density at radius 1 is 1.03 bits per heavy atom. The number of para-hydroxylation sites is 1. The van der Waals surface area contributed by atoms with Gasteiger partial charge < -0.3 is 9.97 Å². The van der Waals surface area contributed by atoms with Crippen LogP contribution in [0.25, 0.3) is 33.3 Å². The van der Waals surface area contributed by atoms with Crippen LogP contribution in [0.1, 0.15) is 18.4 Å². The number of sulfone groups is 1. The molecule has 5 rings (SSSR count). The number of hydrogen-bond acceptors (Lipinski definition) is 5. The van der Waals surface area contributed by atoms with Crippen LogP contribution in [0.3, 0.4) is 0 Å². The molecule has 0 atom stereocenters. The van der Waals surface area contributed by atoms with Crippen LogP contribution in [-0.4, -0.2) is 52.9 Å². The fourth-order valence-corrected chi connectivity index (χ4v) is 5.43. The number of rotatable bonds is 4. The van der Waals surface area contributed by atoms with Crippen molar-refractivity contribution in [1.82, 2.24) is 19.9 Å². The van der Waals surface area contributed by atoms with Gasteiger partial charge in [0, 0.05) is 18.3 Å². The van der Waals surface area contributed by atoms with Crippen LogP contribution in [0.4, 0.5) is 0 Å². The van der Waals surface area contributed by atoms with E-state index < -0.39 is 9.84 Å². The van der Waals surface area contributed by atoms with E-state index in [-0.39, 0.29) is 10.8 Å². The van der Waals surface area contributed by atoms with Gasteiger partial charge in [-0.25, -0.2) is 13.4 Å². The third kappa shape index (κ3) is 4.00. The maximum absolute atomic E-state index is 12.6. The monoisotopic (exact) mass is 436 g/mol. The van der Waals surface area contributed by atoms with Gasteiger partial charge in [-0.15, -0.1) is 0 Å². The van der Waals surface area contributed by atoms with E-state index in [4.69, 9.17) is 0 Å². The van der Waals surface area contributed by atoms with E-state index in [1.807, 2.05) is 42.5 Å². The molecule has 2 N–H and O–H groups in total. The van der Waals surface area contributed by atoms with Crippen LogP contribution >= 0.6 is 0 Å². The normalized spacial score (nSPS) is 16.3. The van der Waals surface area contributed by atoms with E-state index in [1.54, 1.807) is 0 Å². The Morgan fingerprint density at radius 2 is 1.81 bits per heavy atom. The van der Waals surface area contributed by atoms with E-state index in [0.717, 1.165) is 47.1 Å². The number of nitrogens with zero attached hydrogens (tertiary/aromatic N) is 2. The first-order valence-corrected chi connectivity index (χ1v) is 12.3. The number of aromatic nitrogens is 3. The molecular formula is C23H24N4O3S. The molecule has 0 radical (unpaired) electrons. The fraction of sp³-hybridized carbons (Fsp3) is 0.304. The maximum Gasteiger partial charge on any atom is 0.259 e. The first kappa shape index (κ1) is 20.0. The lowest BCUT2D eigenvalue weighted by Crippen LogP contribution is -2.38. The quantitative estimate of drug-likeness (QED) is 0.512. The van der Waals surface area contributed by atoms with Gasteiger partial charge in [0.1, 0.15) is 15.7 Å². The van der Waals surface area contributed by atoms with Gasteiger partial charge in [0.2, 0.25) is 0 Å². The summed E-state index contributed by atoms with van der Waals surface area (Å²) in [6, 6.07) is 15.6. The second-order valence-corrected chi connectivity index (χ2v) is 10.7. The molecule has 2 aromatic carbocycles. The highest BCUT2D eigenvalue weighted by Crippen LogP contribution is 2.23. The molecule has 7 nitrogen and oxygen atoms in total. The number of pyridine rings is 1. The highest BCUT2D eigenvalue weighted by Gasteiger charge is 2.26. The Labute approximate surface area is 180 Å². The SMILES string of the molecule is CS(=O)(=O)C1CCN(Cc2ccc3nc(-c4cc5ccccc5[nH]c4=O)[nH]c3c2)CC1. The van der Waals surface area contributed by atoms with Crippen LogP contribution in [0.15, 0.2) is 53.3 Å². The van der Waals surface area contributed by atoms with E-state index in [9.17, 15) is 13.2 Å². The van der Waals surface area contributed by atoms with Crippen LogP contribution < -0.4 is 5.56 Å². The molecule has 1 aliphatic rings. The Kier molecular flexibility index (Phi) is 4.91. The predicted molar refractivity (Wildman–Crippen MR) is 123 cm³/mol. The molecular weight excluding hydrogens is 412 g/mol. The second kappa shape index (κ2) is 7.62. The predicted octanol–water partition coefficient (Wildman–Crippen LogP) is 3.08. The Hall–Kier alpha value is -2.97. The van der Waals surface area contributed by atoms with Crippen LogP contribution in [0.5, 0.6) is 0 Å². The molecule has 3 heterocycles. The molecule has 0 spiro atoms. The molecule has 0 unspecified atom stereocenters. The molecule has 0 saturated carbocycles. The van der Waals surface area contributed by atoms with Gasteiger partial charge in [-0.1, -0.05) is 24.3 Å². The minimum atomic E-state index is -2.96. The van der Waals surface area contributed by atoms with Crippen molar-refractivity contribution in [2.24, 2.45) is 0 Å². The van der Waals surface area contributed by atoms with E-state index >= 15 is 0 Å². The standard InChI is InChI=1S/C23H24N4O3S/c1-31(29,30)17-8-10-27(11-9-17)14-15-6-7-20-21(12-15)25-22(24-20)18-13-16-4-2-3-5-19(16)26-23(18)28/h2-7,12-13,17H,8-11,14H2,1H3,(H,24,25)(H,26,28). The number of piperidine rings is 1. The highest BCUT2D eigenvalue weighted by atomic mass is 32.2. The number of H-pyrrole nitrogens is 2. The summed E-state index contributed by atoms with van der Waals surface area (Å²) >= 11 is 0. The van der Waals surface area contributed by atoms with Crippen molar-refractivity contribution >= 4 is 31.8 Å². The van der Waals surface area contributed by atoms with Gasteiger partial charge >= 0.3 is 0 Å². The number of benzene rings is 2. The van der Waals surface area contributed by atoms with Crippen LogP contribution in [0.2, 0.25) is 0 Å². The zero-order valence-electron chi connectivity index (χ0n) is 17.3. The molecule has 0 bridgehead atoms. The molecule has 1 fully saturated rings. The number of nitrogens with one attached hydrogen (secondary N) is 2. The molecule has 2 aromatic heterocycles. The average Bonchev–Trinajstić information content (AvgIpc) is 3.16. The van der Waals surface area contributed by atoms with E-state index in [1.165, 1.54) is 6.26 Å². The molecule has 0 amide bonds. The van der Waals surface area contributed by atoms with Crippen molar-refractivity contribution in [3.05, 3.63) is 64.4 Å². The van der Waals surface area contributed by atoms with Crippen molar-refractivity contribution in [3.8, 4) is 11.4 Å². The summed E-state index contributed by atoms with van der Waals surface area (Å²) in [6.45, 7) is 2.31. The Balaban J connectivity index is 1.39. The van der Waals surface area contributed by atoms with Gasteiger partial charge in [-0.2, -0.15) is 0 Å². The topological polar surface area (TPSA) is 98.9 Å². The second-order valence-electron chi connectivity index (χ2n) is 8.34. The maximum atomic E-state index is 12.6. The van der Waals surface area contributed by atoms with Crippen molar-refractivity contribution in [1.29, 1.82) is 0 Å². The third-order valence-corrected chi connectivity index (χ3v) is 7.78. The van der Waals surface area contributed by atoms with E-state index in [2.05, 4.69) is 25.9 Å². The summed E-state index contributed by atoms with van der Waals surface area (Å²) in [7, 11) is -2.96. The molecule has 8 heteroatoms. The lowest BCUT2D eigenvalue weighted by molar-refractivity contribution is 0.222. The van der Waals surface area contributed by atoms with Crippen LogP contribution in [-0.2, 0) is 16.4 Å². The lowest BCUT2D eigenvalue weighted by Gasteiger charge is -2.31. The third-order valence-electron chi connectivity index (χ3n) is 6.10. The Morgan fingerprint density at radius 3 is 2.58 bits per heavy atom. The van der Waals surface area contributed by atoms with Crippen molar-refractivity contribution in [2.45, 2.75) is 24.6 Å². The van der Waals surface area contributed by atoms with Crippen molar-refractivity contribution < 1.29 is 8.42 Å². The minimum Gasteiger partial charge on any atom is -0.338 e. The minimum absolute atomic E-state index is 0.174. The lowest BCUT2D eigenvalue weighted by atomic mass is 10.1. The summed E-state index contributed by atoms with van der Waals surface area (Å²) in [5.41, 5.74) is 3.96. The molecule has 160 valence electrons. The molecule has 31 heavy (non-hydrogen) atoms. The van der Waals surface area contributed by atoms with Gasteiger partial charge in [0.25, 0.3) is 5.56 Å². The van der Waals surface area contributed by atoms with Gasteiger partial charge in [-0.05, 0) is 61.1 Å². The van der Waals surface area contributed by atoms with Crippen molar-refractivity contribution in [2.75, 3.05) is 19.3 Å². The summed E-state index contributed by atoms with van der Waals surface area (Å²) in [5.74, 6) is 0.549. The molecule has 0 aliphatic carbocycles. The summed E-state index contributed by atoms with van der Waals surface area (Å²) in [4.78, 5) is 25.7. The number of hydrogen-bond donors (Lipinski definition) is 2. The van der Waals surface area contributed by atoms with Crippen LogP contribution in [0, 0.1) is 0 Å². The van der Waals surface area contributed by atoms with Gasteiger partial charge in [0.05, 0.1) is 21.8 Å². The zero-order valence-corrected chi connectivity index (χ0v) is 18.1. The largest absolute Gasteiger partial charge is 0.338 e. The highest BCUT2D eigenvalue weighted by molar-refractivity contribution is 7.91. The van der Waals surface area contributed by atoms with E-state index in [0.29, 0.717) is 24.2 Å². The fourth-order valence-electron chi connectivity index (χ4n) is 4.36. The molecule has 1 saturated heterocycles. The molecule has 4 aromatic rings. The number of imidazole rings is 1. The zero-order chi connectivity index (χ0) is 21.6. The molecule has 1 aliphatic heterocycles. The smallest absolute Gasteiger partial charge is 0.259 e. The first-order chi connectivity index (χ1) is 14.9. The van der Waals surface area contributed by atoms with Gasteiger partial charge in [0.15, 0.2) is 0 Å². The summed E-state index contributed by atoms with van der Waals surface area (Å²) in [6.07, 6.45) is 2.69. The number of likely N-dealkylation sites (tertiary alicyclic amines) is 1. The summed E-state index contributed by atoms with van der Waals surface area (Å²) in [5, 5.41) is 0.734. The van der Waals surface area contributed by atoms with Crippen molar-refractivity contribution in [3.63, 3.8) is 0 Å². The average molecular weight is 437 g/mol. The number of fused-ring (bicyclic) bond motifs is 2. The first-order valence-electron chi connectivity index (χ1n) is 10.4. The van der Waals surface area contributed by atoms with Gasteiger partial charge in [-0.3, -0.25) is 9.69 Å². The number of aromatic amines is 2. The Bertz CT molecular complexity index is 1430. The summed E-state index contributed by atoms with van der Waals surface area (Å²) < 4.78 is 23.5.